The van der Waals surface area contributed by atoms with E-state index in [1.807, 2.05) is 30.3 Å². The van der Waals surface area contributed by atoms with Crippen LogP contribution in [-0.4, -0.2) is 45.0 Å². The summed E-state index contributed by atoms with van der Waals surface area (Å²) in [6.45, 7) is -0.490. The van der Waals surface area contributed by atoms with Crippen LogP contribution in [0.3, 0.4) is 0 Å². The van der Waals surface area contributed by atoms with Gasteiger partial charge in [0.2, 0.25) is 5.82 Å². The number of rotatable bonds is 9. The van der Waals surface area contributed by atoms with Crippen molar-refractivity contribution < 1.29 is 32.7 Å². The van der Waals surface area contributed by atoms with E-state index in [0.717, 1.165) is 10.1 Å². The van der Waals surface area contributed by atoms with Gasteiger partial charge in [-0.2, -0.15) is 4.39 Å². The molecule has 0 amide bonds. The van der Waals surface area contributed by atoms with Crippen LogP contribution in [0.15, 0.2) is 46.1 Å². The van der Waals surface area contributed by atoms with E-state index in [-0.39, 0.29) is 13.0 Å². The third kappa shape index (κ3) is 5.94. The Kier molecular flexibility index (Phi) is 7.35. The molecule has 3 N–H and O–H groups in total. The van der Waals surface area contributed by atoms with Crippen LogP contribution in [0.1, 0.15) is 24.6 Å². The highest BCUT2D eigenvalue weighted by molar-refractivity contribution is 7.47. The molecular weight excluding hydrogens is 422 g/mol. The van der Waals surface area contributed by atoms with Crippen LogP contribution >= 0.6 is 7.82 Å². The lowest BCUT2D eigenvalue weighted by molar-refractivity contribution is -0.0467. The number of aliphatic hydroxyl groups excluding tert-OH is 1. The molecule has 164 valence electrons. The van der Waals surface area contributed by atoms with E-state index in [1.165, 1.54) is 0 Å². The van der Waals surface area contributed by atoms with Gasteiger partial charge in [0.25, 0.3) is 5.56 Å². The maximum Gasteiger partial charge on any atom is 0.472 e. The number of aromatic amines is 1. The number of phosphoric acid groups is 1. The fourth-order valence-corrected chi connectivity index (χ4v) is 3.79. The molecule has 0 spiro atoms. The first-order valence-corrected chi connectivity index (χ1v) is 10.7. The molecule has 10 nitrogen and oxygen atoms in total. The summed E-state index contributed by atoms with van der Waals surface area (Å²) in [4.78, 5) is 34.5. The Morgan fingerprint density at radius 2 is 2.00 bits per heavy atom. The number of phosphoric ester groups is 1. The van der Waals surface area contributed by atoms with Crippen molar-refractivity contribution in [1.82, 2.24) is 9.55 Å². The smallest absolute Gasteiger partial charge is 0.390 e. The average molecular weight is 444 g/mol. The zero-order chi connectivity index (χ0) is 21.7. The fraction of sp³-hybridized carbons (Fsp3) is 0.444. The van der Waals surface area contributed by atoms with E-state index < -0.39 is 49.9 Å². The van der Waals surface area contributed by atoms with Crippen molar-refractivity contribution in [2.45, 2.75) is 37.7 Å². The van der Waals surface area contributed by atoms with Gasteiger partial charge >= 0.3 is 13.5 Å². The van der Waals surface area contributed by atoms with Gasteiger partial charge in [-0.05, 0) is 18.4 Å². The van der Waals surface area contributed by atoms with Crippen molar-refractivity contribution in [3.63, 3.8) is 0 Å². The number of ether oxygens (including phenoxy) is 1. The number of nitrogens with one attached hydrogen (secondary N) is 1. The molecule has 12 heteroatoms. The van der Waals surface area contributed by atoms with E-state index >= 15 is 0 Å². The number of aromatic nitrogens is 2. The first kappa shape index (κ1) is 22.5. The largest absolute Gasteiger partial charge is 0.472 e. The van der Waals surface area contributed by atoms with Crippen molar-refractivity contribution in [2.24, 2.45) is 0 Å². The minimum Gasteiger partial charge on any atom is -0.390 e. The number of H-pyrrole nitrogens is 1. The number of aryl methyl sites for hydroxylation is 1. The maximum absolute atomic E-state index is 13.4. The zero-order valence-corrected chi connectivity index (χ0v) is 16.7. The predicted octanol–water partition coefficient (Wildman–Crippen LogP) is 1.09. The first-order chi connectivity index (χ1) is 14.2. The molecule has 1 saturated heterocycles. The van der Waals surface area contributed by atoms with Crippen LogP contribution in [0.25, 0.3) is 0 Å². The first-order valence-electron chi connectivity index (χ1n) is 9.25. The molecule has 1 aromatic heterocycles. The summed E-state index contributed by atoms with van der Waals surface area (Å²) in [6.07, 6.45) is -1.53. The van der Waals surface area contributed by atoms with Crippen LogP contribution in [0.4, 0.5) is 4.39 Å². The minimum atomic E-state index is -4.38. The topological polar surface area (TPSA) is 140 Å². The summed E-state index contributed by atoms with van der Waals surface area (Å²) >= 11 is 0. The quantitative estimate of drug-likeness (QED) is 0.386. The highest BCUT2D eigenvalue weighted by Crippen LogP contribution is 2.44. The van der Waals surface area contributed by atoms with Crippen LogP contribution in [0.5, 0.6) is 0 Å². The molecule has 0 saturated carbocycles. The third-order valence-corrected chi connectivity index (χ3v) is 5.53. The number of halogens is 1. The molecule has 0 radical (unpaired) electrons. The van der Waals surface area contributed by atoms with Crippen molar-refractivity contribution in [3.05, 3.63) is 68.7 Å². The van der Waals surface area contributed by atoms with Gasteiger partial charge in [-0.1, -0.05) is 30.3 Å². The third-order valence-electron chi connectivity index (χ3n) is 4.55. The highest BCUT2D eigenvalue weighted by Gasteiger charge is 2.37. The Bertz CT molecular complexity index is 1010. The minimum absolute atomic E-state index is 0.00851. The van der Waals surface area contributed by atoms with Crippen LogP contribution in [0.2, 0.25) is 0 Å². The van der Waals surface area contributed by atoms with Crippen LogP contribution in [0, 0.1) is 5.82 Å². The molecule has 0 aliphatic carbocycles. The van der Waals surface area contributed by atoms with E-state index in [1.54, 1.807) is 4.98 Å². The predicted molar refractivity (Wildman–Crippen MR) is 102 cm³/mol. The van der Waals surface area contributed by atoms with Gasteiger partial charge in [-0.3, -0.25) is 23.4 Å². The Morgan fingerprint density at radius 3 is 2.73 bits per heavy atom. The van der Waals surface area contributed by atoms with Gasteiger partial charge in [-0.25, -0.2) is 9.36 Å². The molecular formula is C18H22FN2O8P. The summed E-state index contributed by atoms with van der Waals surface area (Å²) in [5, 5.41) is 10.1. The molecule has 2 heterocycles. The van der Waals surface area contributed by atoms with Gasteiger partial charge in [0.05, 0.1) is 25.5 Å². The second-order valence-corrected chi connectivity index (χ2v) is 8.22. The Labute approximate surface area is 170 Å². The highest BCUT2D eigenvalue weighted by atomic mass is 31.2. The Hall–Kier alpha value is -2.14. The SMILES string of the molecule is O=c1[nH]c(=O)n([C@H]2C[C@H](O)[C@@H](COP(=O)(O)OCCCc3ccccc3)O2)cc1F. The molecule has 1 unspecified atom stereocenters. The molecule has 1 aliphatic heterocycles. The number of nitrogens with zero attached hydrogens (tertiary/aromatic N) is 1. The lowest BCUT2D eigenvalue weighted by Gasteiger charge is -2.18. The number of benzene rings is 1. The van der Waals surface area contributed by atoms with Gasteiger partial charge in [-0.15, -0.1) is 0 Å². The molecule has 30 heavy (non-hydrogen) atoms. The van der Waals surface area contributed by atoms with Crippen LogP contribution < -0.4 is 11.2 Å². The van der Waals surface area contributed by atoms with E-state index in [0.29, 0.717) is 19.0 Å². The molecule has 2 aromatic rings. The summed E-state index contributed by atoms with van der Waals surface area (Å²) < 4.78 is 41.4. The Morgan fingerprint density at radius 1 is 1.27 bits per heavy atom. The maximum atomic E-state index is 13.4. The normalized spacial score (nSPS) is 23.4. The van der Waals surface area contributed by atoms with Crippen LogP contribution in [-0.2, 0) is 24.8 Å². The Balaban J connectivity index is 1.48. The van der Waals surface area contributed by atoms with Gasteiger partial charge < -0.3 is 14.7 Å². The number of aliphatic hydroxyl groups is 1. The second-order valence-electron chi connectivity index (χ2n) is 6.76. The lowest BCUT2D eigenvalue weighted by Crippen LogP contribution is -2.34. The molecule has 1 aliphatic rings. The zero-order valence-electron chi connectivity index (χ0n) is 15.8. The second kappa shape index (κ2) is 9.78. The van der Waals surface area contributed by atoms with E-state index in [9.17, 15) is 28.5 Å². The van der Waals surface area contributed by atoms with E-state index in [4.69, 9.17) is 13.8 Å². The average Bonchev–Trinajstić information content (AvgIpc) is 3.08. The molecule has 1 fully saturated rings. The molecule has 3 rings (SSSR count). The van der Waals surface area contributed by atoms with Crippen molar-refractivity contribution >= 4 is 7.82 Å². The lowest BCUT2D eigenvalue weighted by atomic mass is 10.1. The number of hydrogen-bond acceptors (Lipinski definition) is 7. The fourth-order valence-electron chi connectivity index (χ4n) is 3.02. The van der Waals surface area contributed by atoms with Gasteiger partial charge in [0, 0.05) is 6.42 Å². The molecule has 1 aromatic carbocycles. The van der Waals surface area contributed by atoms with Crippen molar-refractivity contribution in [2.75, 3.05) is 13.2 Å². The van der Waals surface area contributed by atoms with Crippen molar-refractivity contribution in [1.29, 1.82) is 0 Å². The summed E-state index contributed by atoms with van der Waals surface area (Å²) in [5.74, 6) is -1.18. The summed E-state index contributed by atoms with van der Waals surface area (Å²) in [5.41, 5.74) is -1.01. The summed E-state index contributed by atoms with van der Waals surface area (Å²) in [6, 6.07) is 9.55. The van der Waals surface area contributed by atoms with Gasteiger partial charge in [0.1, 0.15) is 12.3 Å². The van der Waals surface area contributed by atoms with Gasteiger partial charge in [0.15, 0.2) is 0 Å². The van der Waals surface area contributed by atoms with Crippen molar-refractivity contribution in [3.8, 4) is 0 Å². The monoisotopic (exact) mass is 444 g/mol. The molecule has 0 bridgehead atoms. The molecule has 4 atom stereocenters. The van der Waals surface area contributed by atoms with E-state index in [2.05, 4.69) is 0 Å². The standard InChI is InChI=1S/C18H22FN2O8P/c19-13-10-21(18(24)20-17(13)23)16-9-14(22)15(29-16)11-28-30(25,26)27-8-4-7-12-5-2-1-3-6-12/h1-3,5-6,10,14-16,22H,4,7-9,11H2,(H,25,26)(H,20,23,24)/t14-,15+,16+/m0/s1. The number of hydrogen-bond donors (Lipinski definition) is 3. The summed E-state index contributed by atoms with van der Waals surface area (Å²) in [7, 11) is -4.38.